The van der Waals surface area contributed by atoms with Crippen molar-refractivity contribution in [1.82, 2.24) is 4.98 Å². The van der Waals surface area contributed by atoms with Crippen LogP contribution in [0.25, 0.3) is 0 Å². The summed E-state index contributed by atoms with van der Waals surface area (Å²) in [5.74, 6) is -0.227. The van der Waals surface area contributed by atoms with Crippen LogP contribution in [0.3, 0.4) is 0 Å². The second-order valence-corrected chi connectivity index (χ2v) is 7.94. The molecular formula is C19H22N4O3S. The molecule has 8 heteroatoms. The third-order valence-corrected chi connectivity index (χ3v) is 5.28. The van der Waals surface area contributed by atoms with Crippen molar-refractivity contribution in [2.24, 2.45) is 5.92 Å². The van der Waals surface area contributed by atoms with Gasteiger partial charge in [-0.1, -0.05) is 6.92 Å². The lowest BCUT2D eigenvalue weighted by atomic mass is 9.93. The van der Waals surface area contributed by atoms with E-state index in [4.69, 9.17) is 0 Å². The van der Waals surface area contributed by atoms with Gasteiger partial charge in [-0.2, -0.15) is 0 Å². The summed E-state index contributed by atoms with van der Waals surface area (Å²) in [4.78, 5) is 41.2. The standard InChI is InChI=1S/C19H22N4O3S/c1-10-4-5-16-17(6-10)27-19(22-16)23-18(26)13-7-14(20-11(2)24)9-15(8-13)21-12(3)25/h7-10H,4-6H2,1-3H3,(H,20,24)(H,21,25)(H,22,23,26)/t10-/m0/s1. The quantitative estimate of drug-likeness (QED) is 0.749. The topological polar surface area (TPSA) is 100 Å². The molecule has 0 bridgehead atoms. The van der Waals surface area contributed by atoms with Crippen LogP contribution in [0.15, 0.2) is 18.2 Å². The molecule has 0 radical (unpaired) electrons. The number of fused-ring (bicyclic) bond motifs is 1. The number of amides is 3. The van der Waals surface area contributed by atoms with Crippen molar-refractivity contribution in [2.45, 2.75) is 40.0 Å². The number of aryl methyl sites for hydroxylation is 1. The van der Waals surface area contributed by atoms with Crippen LogP contribution in [0.5, 0.6) is 0 Å². The molecule has 1 aromatic heterocycles. The molecule has 0 saturated carbocycles. The molecule has 2 aromatic rings. The molecule has 3 rings (SSSR count). The molecule has 0 fully saturated rings. The lowest BCUT2D eigenvalue weighted by Crippen LogP contribution is -2.15. The molecular weight excluding hydrogens is 364 g/mol. The minimum Gasteiger partial charge on any atom is -0.326 e. The van der Waals surface area contributed by atoms with Gasteiger partial charge in [0.05, 0.1) is 5.69 Å². The van der Waals surface area contributed by atoms with Crippen LogP contribution in [0, 0.1) is 5.92 Å². The van der Waals surface area contributed by atoms with Crippen LogP contribution in [0.2, 0.25) is 0 Å². The molecule has 1 aliphatic rings. The van der Waals surface area contributed by atoms with Gasteiger partial charge in [0.1, 0.15) is 0 Å². The summed E-state index contributed by atoms with van der Waals surface area (Å²) in [7, 11) is 0. The molecule has 7 nitrogen and oxygen atoms in total. The fraction of sp³-hybridized carbons (Fsp3) is 0.368. The Morgan fingerprint density at radius 1 is 1.04 bits per heavy atom. The SMILES string of the molecule is CC(=O)Nc1cc(NC(C)=O)cc(C(=O)Nc2nc3c(s2)C[C@@H](C)CC3)c1. The van der Waals surface area contributed by atoms with E-state index in [2.05, 4.69) is 27.9 Å². The molecule has 1 heterocycles. The minimum absolute atomic E-state index is 0.261. The van der Waals surface area contributed by atoms with Gasteiger partial charge in [0.2, 0.25) is 11.8 Å². The number of hydrogen-bond acceptors (Lipinski definition) is 5. The van der Waals surface area contributed by atoms with Crippen LogP contribution in [0.4, 0.5) is 16.5 Å². The molecule has 1 aromatic carbocycles. The second-order valence-electron chi connectivity index (χ2n) is 6.85. The van der Waals surface area contributed by atoms with Crippen LogP contribution in [0.1, 0.15) is 48.1 Å². The van der Waals surface area contributed by atoms with Gasteiger partial charge in [-0.25, -0.2) is 4.98 Å². The average Bonchev–Trinajstić information content (AvgIpc) is 2.94. The number of nitrogens with zero attached hydrogens (tertiary/aromatic N) is 1. The molecule has 142 valence electrons. The lowest BCUT2D eigenvalue weighted by molar-refractivity contribution is -0.115. The third kappa shape index (κ3) is 4.91. The van der Waals surface area contributed by atoms with E-state index in [1.807, 2.05) is 0 Å². The normalized spacial score (nSPS) is 15.6. The van der Waals surface area contributed by atoms with Crippen molar-refractivity contribution in [3.63, 3.8) is 0 Å². The molecule has 0 spiro atoms. The third-order valence-electron chi connectivity index (χ3n) is 4.24. The van der Waals surface area contributed by atoms with E-state index >= 15 is 0 Å². The zero-order valence-corrected chi connectivity index (χ0v) is 16.3. The van der Waals surface area contributed by atoms with E-state index in [0.717, 1.165) is 25.0 Å². The minimum atomic E-state index is -0.340. The Morgan fingerprint density at radius 3 is 2.26 bits per heavy atom. The number of carbonyl (C=O) groups is 3. The first-order valence-corrected chi connectivity index (χ1v) is 9.62. The number of hydrogen-bond donors (Lipinski definition) is 3. The van der Waals surface area contributed by atoms with Crippen molar-refractivity contribution in [2.75, 3.05) is 16.0 Å². The first kappa shape index (κ1) is 19.0. The van der Waals surface area contributed by atoms with Crippen molar-refractivity contribution < 1.29 is 14.4 Å². The number of thiazole rings is 1. The average molecular weight is 386 g/mol. The van der Waals surface area contributed by atoms with E-state index in [0.29, 0.717) is 28.0 Å². The molecule has 0 saturated heterocycles. The van der Waals surface area contributed by atoms with Crippen LogP contribution >= 0.6 is 11.3 Å². The van der Waals surface area contributed by atoms with Gasteiger partial charge in [-0.05, 0) is 43.4 Å². The molecule has 27 heavy (non-hydrogen) atoms. The molecule has 0 aliphatic heterocycles. The maximum atomic E-state index is 12.7. The Hall–Kier alpha value is -2.74. The van der Waals surface area contributed by atoms with Crippen LogP contribution in [-0.4, -0.2) is 22.7 Å². The predicted octanol–water partition coefficient (Wildman–Crippen LogP) is 3.44. The van der Waals surface area contributed by atoms with Gasteiger partial charge < -0.3 is 10.6 Å². The first-order valence-electron chi connectivity index (χ1n) is 8.80. The Morgan fingerprint density at radius 2 is 1.67 bits per heavy atom. The molecule has 0 unspecified atom stereocenters. The van der Waals surface area contributed by atoms with Crippen molar-refractivity contribution in [3.8, 4) is 0 Å². The van der Waals surface area contributed by atoms with Gasteiger partial charge >= 0.3 is 0 Å². The Kier molecular flexibility index (Phi) is 5.55. The Labute approximate surface area is 161 Å². The van der Waals surface area contributed by atoms with E-state index in [1.165, 1.54) is 30.1 Å². The van der Waals surface area contributed by atoms with Gasteiger partial charge in [-0.15, -0.1) is 11.3 Å². The number of benzene rings is 1. The maximum absolute atomic E-state index is 12.7. The summed E-state index contributed by atoms with van der Waals surface area (Å²) in [6.45, 7) is 4.98. The summed E-state index contributed by atoms with van der Waals surface area (Å²) in [5, 5.41) is 8.69. The van der Waals surface area contributed by atoms with Crippen molar-refractivity contribution in [1.29, 1.82) is 0 Å². The summed E-state index contributed by atoms with van der Waals surface area (Å²) in [6, 6.07) is 4.73. The van der Waals surface area contributed by atoms with Crippen molar-refractivity contribution in [3.05, 3.63) is 34.3 Å². The number of rotatable bonds is 4. The van der Waals surface area contributed by atoms with Crippen LogP contribution < -0.4 is 16.0 Å². The van der Waals surface area contributed by atoms with Crippen LogP contribution in [-0.2, 0) is 22.4 Å². The first-order chi connectivity index (χ1) is 12.8. The maximum Gasteiger partial charge on any atom is 0.257 e. The van der Waals surface area contributed by atoms with Gasteiger partial charge in [0.25, 0.3) is 5.91 Å². The Balaban J connectivity index is 1.82. The summed E-state index contributed by atoms with van der Waals surface area (Å²) < 4.78 is 0. The largest absolute Gasteiger partial charge is 0.326 e. The molecule has 1 aliphatic carbocycles. The highest BCUT2D eigenvalue weighted by atomic mass is 32.1. The smallest absolute Gasteiger partial charge is 0.257 e. The number of anilines is 3. The van der Waals surface area contributed by atoms with Gasteiger partial charge in [-0.3, -0.25) is 19.7 Å². The van der Waals surface area contributed by atoms with E-state index < -0.39 is 0 Å². The highest BCUT2D eigenvalue weighted by Crippen LogP contribution is 2.32. The summed E-state index contributed by atoms with van der Waals surface area (Å²) >= 11 is 1.51. The monoisotopic (exact) mass is 386 g/mol. The summed E-state index contributed by atoms with van der Waals surface area (Å²) in [5.41, 5.74) is 2.27. The molecule has 3 amide bonds. The zero-order chi connectivity index (χ0) is 19.6. The van der Waals surface area contributed by atoms with Gasteiger partial charge in [0, 0.05) is 35.7 Å². The molecule has 1 atom stereocenters. The van der Waals surface area contributed by atoms with E-state index in [1.54, 1.807) is 18.2 Å². The summed E-state index contributed by atoms with van der Waals surface area (Å²) in [6.07, 6.45) is 3.05. The lowest BCUT2D eigenvalue weighted by Gasteiger charge is -2.15. The van der Waals surface area contributed by atoms with Crippen molar-refractivity contribution >= 4 is 45.6 Å². The highest BCUT2D eigenvalue weighted by Gasteiger charge is 2.21. The fourth-order valence-electron chi connectivity index (χ4n) is 3.07. The second kappa shape index (κ2) is 7.87. The van der Waals surface area contributed by atoms with E-state index in [9.17, 15) is 14.4 Å². The Bertz CT molecular complexity index is 872. The zero-order valence-electron chi connectivity index (χ0n) is 15.5. The number of nitrogens with one attached hydrogen (secondary N) is 3. The molecule has 3 N–H and O–H groups in total. The number of aromatic nitrogens is 1. The van der Waals surface area contributed by atoms with E-state index in [-0.39, 0.29) is 17.7 Å². The highest BCUT2D eigenvalue weighted by molar-refractivity contribution is 7.15. The predicted molar refractivity (Wildman–Crippen MR) is 106 cm³/mol. The fourth-order valence-corrected chi connectivity index (χ4v) is 4.24. The van der Waals surface area contributed by atoms with Gasteiger partial charge in [0.15, 0.2) is 5.13 Å². The number of carbonyl (C=O) groups excluding carboxylic acids is 3.